The smallest absolute Gasteiger partial charge is 0.228 e. The highest BCUT2D eigenvalue weighted by molar-refractivity contribution is 7.99. The van der Waals surface area contributed by atoms with E-state index >= 15 is 0 Å². The number of rotatable bonds is 2. The Labute approximate surface area is 118 Å². The summed E-state index contributed by atoms with van der Waals surface area (Å²) in [6, 6.07) is 7.15. The fourth-order valence-corrected chi connectivity index (χ4v) is 2.94. The molecule has 102 valence electrons. The molecule has 1 heterocycles. The molecule has 0 spiro atoms. The van der Waals surface area contributed by atoms with Crippen LogP contribution >= 0.6 is 11.8 Å². The number of nitrogen functional groups attached to an aromatic ring is 1. The fourth-order valence-electron chi connectivity index (χ4n) is 2.03. The average molecular weight is 292 g/mol. The van der Waals surface area contributed by atoms with Crippen LogP contribution in [0.25, 0.3) is 0 Å². The molecule has 1 amide bonds. The van der Waals surface area contributed by atoms with Crippen molar-refractivity contribution in [2.75, 3.05) is 11.1 Å². The predicted octanol–water partition coefficient (Wildman–Crippen LogP) is 3.19. The number of anilines is 2. The number of nitrogens with one attached hydrogen (secondary N) is 1. The van der Waals surface area contributed by atoms with E-state index in [1.165, 1.54) is 17.8 Å². The molecular formula is C14H10F2N2OS. The summed E-state index contributed by atoms with van der Waals surface area (Å²) in [6.45, 7) is 0. The van der Waals surface area contributed by atoms with Gasteiger partial charge in [-0.25, -0.2) is 8.78 Å². The van der Waals surface area contributed by atoms with Gasteiger partial charge in [-0.05, 0) is 35.9 Å². The lowest BCUT2D eigenvalue weighted by Crippen LogP contribution is -2.03. The normalized spacial score (nSPS) is 13.2. The van der Waals surface area contributed by atoms with Crippen LogP contribution < -0.4 is 11.1 Å². The van der Waals surface area contributed by atoms with Crippen LogP contribution in [0.3, 0.4) is 0 Å². The van der Waals surface area contributed by atoms with Gasteiger partial charge >= 0.3 is 0 Å². The van der Waals surface area contributed by atoms with Crippen molar-refractivity contribution in [3.63, 3.8) is 0 Å². The standard InChI is InChI=1S/C14H10F2N2OS/c15-9-2-1-8(5-10(9)16)20-13-6-12-7(3-11(13)17)4-14(19)18-12/h1-3,5-6H,4,17H2,(H,18,19). The van der Waals surface area contributed by atoms with Crippen LogP contribution in [-0.4, -0.2) is 5.91 Å². The van der Waals surface area contributed by atoms with Gasteiger partial charge in [0.25, 0.3) is 0 Å². The van der Waals surface area contributed by atoms with Crippen molar-refractivity contribution in [1.82, 2.24) is 0 Å². The Balaban J connectivity index is 1.93. The number of halogens is 2. The first-order valence-corrected chi connectivity index (χ1v) is 6.70. The number of carbonyl (C=O) groups excluding carboxylic acids is 1. The van der Waals surface area contributed by atoms with Gasteiger partial charge in [-0.2, -0.15) is 0 Å². The molecule has 1 aliphatic heterocycles. The average Bonchev–Trinajstić information content (AvgIpc) is 2.73. The molecule has 2 aromatic carbocycles. The van der Waals surface area contributed by atoms with Gasteiger partial charge in [0.1, 0.15) is 0 Å². The highest BCUT2D eigenvalue weighted by Crippen LogP contribution is 2.37. The largest absolute Gasteiger partial charge is 0.398 e. The molecule has 3 nitrogen and oxygen atoms in total. The van der Waals surface area contributed by atoms with Gasteiger partial charge in [-0.15, -0.1) is 0 Å². The Kier molecular flexibility index (Phi) is 3.10. The number of carbonyl (C=O) groups is 1. The molecular weight excluding hydrogens is 282 g/mol. The van der Waals surface area contributed by atoms with E-state index in [0.29, 0.717) is 27.6 Å². The lowest BCUT2D eigenvalue weighted by Gasteiger charge is -2.08. The monoisotopic (exact) mass is 292 g/mol. The van der Waals surface area contributed by atoms with E-state index in [-0.39, 0.29) is 5.91 Å². The summed E-state index contributed by atoms with van der Waals surface area (Å²) in [5.74, 6) is -1.86. The minimum Gasteiger partial charge on any atom is -0.398 e. The number of hydrogen-bond acceptors (Lipinski definition) is 3. The highest BCUT2D eigenvalue weighted by atomic mass is 32.2. The van der Waals surface area contributed by atoms with Gasteiger partial charge in [0.15, 0.2) is 11.6 Å². The van der Waals surface area contributed by atoms with Crippen LogP contribution in [0.5, 0.6) is 0 Å². The third-order valence-electron chi connectivity index (χ3n) is 2.98. The van der Waals surface area contributed by atoms with E-state index < -0.39 is 11.6 Å². The van der Waals surface area contributed by atoms with Gasteiger partial charge in [0.2, 0.25) is 5.91 Å². The number of hydrogen-bond donors (Lipinski definition) is 2. The first-order valence-electron chi connectivity index (χ1n) is 5.88. The predicted molar refractivity (Wildman–Crippen MR) is 73.7 cm³/mol. The zero-order valence-corrected chi connectivity index (χ0v) is 11.1. The van der Waals surface area contributed by atoms with E-state index in [9.17, 15) is 13.6 Å². The van der Waals surface area contributed by atoms with E-state index in [1.807, 2.05) is 0 Å². The minimum absolute atomic E-state index is 0.0747. The van der Waals surface area contributed by atoms with Crippen molar-refractivity contribution in [3.05, 3.63) is 47.5 Å². The zero-order chi connectivity index (χ0) is 14.3. The maximum atomic E-state index is 13.2. The molecule has 0 aromatic heterocycles. The number of fused-ring (bicyclic) bond motifs is 1. The Morgan fingerprint density at radius 3 is 2.70 bits per heavy atom. The van der Waals surface area contributed by atoms with Crippen molar-refractivity contribution in [2.45, 2.75) is 16.2 Å². The second-order valence-corrected chi connectivity index (χ2v) is 5.57. The van der Waals surface area contributed by atoms with E-state index in [2.05, 4.69) is 5.32 Å². The van der Waals surface area contributed by atoms with E-state index in [4.69, 9.17) is 5.73 Å². The van der Waals surface area contributed by atoms with Gasteiger partial charge < -0.3 is 11.1 Å². The second kappa shape index (κ2) is 4.79. The molecule has 0 saturated heterocycles. The second-order valence-electron chi connectivity index (χ2n) is 4.45. The van der Waals surface area contributed by atoms with E-state index in [1.54, 1.807) is 12.1 Å². The van der Waals surface area contributed by atoms with Gasteiger partial charge in [0.05, 0.1) is 6.42 Å². The summed E-state index contributed by atoms with van der Waals surface area (Å²) < 4.78 is 26.1. The SMILES string of the molecule is Nc1cc2c(cc1Sc1ccc(F)c(F)c1)NC(=O)C2. The number of nitrogens with two attached hydrogens (primary N) is 1. The van der Waals surface area contributed by atoms with Crippen molar-refractivity contribution in [1.29, 1.82) is 0 Å². The van der Waals surface area contributed by atoms with Crippen molar-refractivity contribution in [2.24, 2.45) is 0 Å². The molecule has 3 N–H and O–H groups in total. The molecule has 0 bridgehead atoms. The van der Waals surface area contributed by atoms with Crippen LogP contribution in [0.4, 0.5) is 20.2 Å². The molecule has 0 atom stereocenters. The van der Waals surface area contributed by atoms with Crippen molar-refractivity contribution < 1.29 is 13.6 Å². The lowest BCUT2D eigenvalue weighted by molar-refractivity contribution is -0.115. The molecule has 6 heteroatoms. The third-order valence-corrected chi connectivity index (χ3v) is 4.04. The lowest BCUT2D eigenvalue weighted by atomic mass is 10.1. The Morgan fingerprint density at radius 2 is 1.95 bits per heavy atom. The van der Waals surface area contributed by atoms with Crippen LogP contribution in [0, 0.1) is 11.6 Å². The Hall–Kier alpha value is -2.08. The first kappa shape index (κ1) is 12.9. The molecule has 2 aromatic rings. The van der Waals surface area contributed by atoms with Crippen LogP contribution in [-0.2, 0) is 11.2 Å². The topological polar surface area (TPSA) is 55.1 Å². The van der Waals surface area contributed by atoms with Crippen LogP contribution in [0.15, 0.2) is 40.1 Å². The molecule has 20 heavy (non-hydrogen) atoms. The molecule has 0 unspecified atom stereocenters. The Bertz CT molecular complexity index is 719. The Morgan fingerprint density at radius 1 is 1.15 bits per heavy atom. The number of amides is 1. The van der Waals surface area contributed by atoms with Crippen molar-refractivity contribution in [3.8, 4) is 0 Å². The molecule has 1 aliphatic rings. The van der Waals surface area contributed by atoms with Gasteiger partial charge in [-0.1, -0.05) is 11.8 Å². The van der Waals surface area contributed by atoms with Gasteiger partial charge in [-0.3, -0.25) is 4.79 Å². The van der Waals surface area contributed by atoms with E-state index in [0.717, 1.165) is 17.7 Å². The molecule has 0 fully saturated rings. The maximum Gasteiger partial charge on any atom is 0.228 e. The molecule has 3 rings (SSSR count). The third kappa shape index (κ3) is 2.34. The minimum atomic E-state index is -0.900. The summed E-state index contributed by atoms with van der Waals surface area (Å²) in [4.78, 5) is 12.5. The summed E-state index contributed by atoms with van der Waals surface area (Å²) >= 11 is 1.22. The summed E-state index contributed by atoms with van der Waals surface area (Å²) in [6.07, 6.45) is 0.315. The summed E-state index contributed by atoms with van der Waals surface area (Å²) in [5, 5.41) is 2.73. The summed E-state index contributed by atoms with van der Waals surface area (Å²) in [5.41, 5.74) is 8.00. The molecule has 0 radical (unpaired) electrons. The maximum absolute atomic E-state index is 13.2. The molecule has 0 saturated carbocycles. The molecule has 0 aliphatic carbocycles. The fraction of sp³-hybridized carbons (Fsp3) is 0.0714. The summed E-state index contributed by atoms with van der Waals surface area (Å²) in [7, 11) is 0. The van der Waals surface area contributed by atoms with Gasteiger partial charge in [0, 0.05) is 21.2 Å². The van der Waals surface area contributed by atoms with Crippen LogP contribution in [0.2, 0.25) is 0 Å². The highest BCUT2D eigenvalue weighted by Gasteiger charge is 2.19. The zero-order valence-electron chi connectivity index (χ0n) is 10.2. The number of benzene rings is 2. The van der Waals surface area contributed by atoms with Crippen LogP contribution in [0.1, 0.15) is 5.56 Å². The first-order chi connectivity index (χ1) is 9.52. The van der Waals surface area contributed by atoms with Crippen molar-refractivity contribution >= 4 is 29.0 Å². The quantitative estimate of drug-likeness (QED) is 0.836.